The van der Waals surface area contributed by atoms with E-state index in [-0.39, 0.29) is 34.6 Å². The summed E-state index contributed by atoms with van der Waals surface area (Å²) in [5, 5.41) is 2.84. The number of carbonyl (C=O) groups excluding carboxylic acids is 3. The highest BCUT2D eigenvalue weighted by Gasteiger charge is 2.20. The molecule has 2 amide bonds. The van der Waals surface area contributed by atoms with Crippen molar-refractivity contribution in [3.63, 3.8) is 0 Å². The third kappa shape index (κ3) is 7.74. The molecular formula is C26H27N3O6S. The molecule has 0 bridgehead atoms. The first-order valence-corrected chi connectivity index (χ1v) is 12.8. The van der Waals surface area contributed by atoms with Crippen LogP contribution in [-0.4, -0.2) is 43.8 Å². The average Bonchev–Trinajstić information content (AvgIpc) is 2.84. The molecule has 0 aliphatic rings. The molecule has 0 aliphatic heterocycles. The Labute approximate surface area is 210 Å². The predicted octanol–water partition coefficient (Wildman–Crippen LogP) is 2.67. The van der Waals surface area contributed by atoms with E-state index >= 15 is 0 Å². The Hall–Kier alpha value is -4.05. The van der Waals surface area contributed by atoms with Crippen molar-refractivity contribution < 1.29 is 27.5 Å². The molecule has 0 aliphatic carbocycles. The average molecular weight is 510 g/mol. The van der Waals surface area contributed by atoms with Gasteiger partial charge in [0.2, 0.25) is 5.91 Å². The Morgan fingerprint density at radius 1 is 0.917 bits per heavy atom. The van der Waals surface area contributed by atoms with Crippen LogP contribution in [0.1, 0.15) is 45.8 Å². The van der Waals surface area contributed by atoms with Gasteiger partial charge in [0, 0.05) is 12.7 Å². The van der Waals surface area contributed by atoms with Crippen molar-refractivity contribution in [1.29, 1.82) is 0 Å². The lowest BCUT2D eigenvalue weighted by Gasteiger charge is -2.09. The van der Waals surface area contributed by atoms with Crippen molar-refractivity contribution in [3.05, 3.63) is 95.3 Å². The monoisotopic (exact) mass is 509 g/mol. The molecule has 2 N–H and O–H groups in total. The molecule has 0 atom stereocenters. The quantitative estimate of drug-likeness (QED) is 0.402. The van der Waals surface area contributed by atoms with Gasteiger partial charge in [-0.2, -0.15) is 0 Å². The zero-order valence-corrected chi connectivity index (χ0v) is 20.7. The van der Waals surface area contributed by atoms with Gasteiger partial charge in [0.1, 0.15) is 5.69 Å². The topological polar surface area (TPSA) is 132 Å². The fourth-order valence-electron chi connectivity index (χ4n) is 3.19. The number of esters is 1. The summed E-state index contributed by atoms with van der Waals surface area (Å²) in [6.07, 6.45) is 1.59. The van der Waals surface area contributed by atoms with E-state index in [0.29, 0.717) is 13.0 Å². The van der Waals surface area contributed by atoms with Gasteiger partial charge in [0.15, 0.2) is 0 Å². The van der Waals surface area contributed by atoms with Crippen molar-refractivity contribution >= 4 is 27.8 Å². The molecule has 3 rings (SSSR count). The third-order valence-electron chi connectivity index (χ3n) is 4.98. The van der Waals surface area contributed by atoms with Crippen LogP contribution >= 0.6 is 0 Å². The number of rotatable bonds is 10. The van der Waals surface area contributed by atoms with Crippen LogP contribution < -0.4 is 10.0 Å². The number of benzene rings is 2. The number of nitrogens with zero attached hydrogens (tertiary/aromatic N) is 1. The number of hydrogen-bond donors (Lipinski definition) is 2. The number of nitrogens with one attached hydrogen (secondary N) is 2. The number of aromatic nitrogens is 1. The lowest BCUT2D eigenvalue weighted by Crippen LogP contribution is -2.30. The number of pyridine rings is 1. The summed E-state index contributed by atoms with van der Waals surface area (Å²) < 4.78 is 32.3. The Bertz CT molecular complexity index is 1310. The van der Waals surface area contributed by atoms with Crippen LogP contribution in [0.2, 0.25) is 0 Å². The van der Waals surface area contributed by atoms with Gasteiger partial charge < -0.3 is 10.1 Å². The van der Waals surface area contributed by atoms with Gasteiger partial charge in [-0.3, -0.25) is 9.59 Å². The van der Waals surface area contributed by atoms with Gasteiger partial charge in [-0.25, -0.2) is 22.9 Å². The Morgan fingerprint density at radius 2 is 1.61 bits per heavy atom. The highest BCUT2D eigenvalue weighted by Crippen LogP contribution is 2.12. The van der Waals surface area contributed by atoms with Crippen molar-refractivity contribution in [3.8, 4) is 0 Å². The minimum Gasteiger partial charge on any atom is -0.458 e. The van der Waals surface area contributed by atoms with Crippen LogP contribution in [0.15, 0.2) is 77.8 Å². The summed E-state index contributed by atoms with van der Waals surface area (Å²) in [6, 6.07) is 18.0. The molecule has 188 valence electrons. The number of hydrogen-bond acceptors (Lipinski definition) is 7. The predicted molar refractivity (Wildman–Crippen MR) is 133 cm³/mol. The summed E-state index contributed by atoms with van der Waals surface area (Å²) in [7, 11) is -4.12. The molecule has 0 unspecified atom stereocenters. The van der Waals surface area contributed by atoms with Crippen LogP contribution in [0.25, 0.3) is 0 Å². The molecule has 36 heavy (non-hydrogen) atoms. The fourth-order valence-corrected chi connectivity index (χ4v) is 4.16. The Balaban J connectivity index is 1.52. The zero-order chi connectivity index (χ0) is 26.1. The first kappa shape index (κ1) is 26.6. The Morgan fingerprint density at radius 3 is 2.22 bits per heavy atom. The van der Waals surface area contributed by atoms with Gasteiger partial charge in [-0.05, 0) is 55.7 Å². The van der Waals surface area contributed by atoms with E-state index in [1.807, 2.05) is 35.1 Å². The van der Waals surface area contributed by atoms with E-state index in [1.54, 1.807) is 26.0 Å². The second-order valence-corrected chi connectivity index (χ2v) is 9.91. The number of ether oxygens (including phenoxy) is 1. The maximum absolute atomic E-state index is 12.6. The smallest absolute Gasteiger partial charge is 0.357 e. The first-order chi connectivity index (χ1) is 17.1. The molecule has 0 saturated carbocycles. The van der Waals surface area contributed by atoms with Crippen LogP contribution in [0.4, 0.5) is 0 Å². The van der Waals surface area contributed by atoms with E-state index in [4.69, 9.17) is 4.74 Å². The highest BCUT2D eigenvalue weighted by molar-refractivity contribution is 7.90. The van der Waals surface area contributed by atoms with Crippen LogP contribution in [-0.2, 0) is 32.4 Å². The summed E-state index contributed by atoms with van der Waals surface area (Å²) in [5.74, 6) is -1.61. The molecule has 0 saturated heterocycles. The molecule has 3 aromatic rings. The maximum atomic E-state index is 12.6. The first-order valence-electron chi connectivity index (χ1n) is 11.3. The number of sulfonamides is 1. The van der Waals surface area contributed by atoms with Crippen LogP contribution in [0, 0.1) is 0 Å². The second-order valence-electron chi connectivity index (χ2n) is 8.23. The number of amides is 2. The molecule has 10 heteroatoms. The van der Waals surface area contributed by atoms with E-state index < -0.39 is 21.9 Å². The van der Waals surface area contributed by atoms with Gasteiger partial charge in [0.25, 0.3) is 15.9 Å². The van der Waals surface area contributed by atoms with E-state index in [9.17, 15) is 22.8 Å². The molecule has 0 radical (unpaired) electrons. The molecular weight excluding hydrogens is 482 g/mol. The van der Waals surface area contributed by atoms with Crippen molar-refractivity contribution in [1.82, 2.24) is 15.0 Å². The van der Waals surface area contributed by atoms with E-state index in [1.165, 1.54) is 24.3 Å². The van der Waals surface area contributed by atoms with Crippen molar-refractivity contribution in [2.75, 3.05) is 6.54 Å². The highest BCUT2D eigenvalue weighted by atomic mass is 32.2. The minimum atomic E-state index is -4.12. The van der Waals surface area contributed by atoms with Crippen molar-refractivity contribution in [2.45, 2.75) is 37.7 Å². The normalized spacial score (nSPS) is 11.1. The fraction of sp³-hybridized carbons (Fsp3) is 0.231. The number of carbonyl (C=O) groups is 3. The maximum Gasteiger partial charge on any atom is 0.357 e. The molecule has 0 spiro atoms. The second kappa shape index (κ2) is 12.1. The Kier molecular flexibility index (Phi) is 8.91. The molecule has 9 nitrogen and oxygen atoms in total. The van der Waals surface area contributed by atoms with E-state index in [2.05, 4.69) is 10.3 Å². The standard InChI is InChI=1S/C26H27N3O6S/c1-18(2)35-26(32)23-13-10-21(17-28-23)25(31)29-36(33,34)22-11-8-19(9-12-22)14-15-27-24(30)16-20-6-4-3-5-7-20/h3-13,17-18H,14-16H2,1-2H3,(H,27,30)(H,29,31). The SMILES string of the molecule is CC(C)OC(=O)c1ccc(C(=O)NS(=O)(=O)c2ccc(CCNC(=O)Cc3ccccc3)cc2)cn1. The molecule has 1 aromatic heterocycles. The van der Waals surface area contributed by atoms with Gasteiger partial charge in [-0.1, -0.05) is 42.5 Å². The van der Waals surface area contributed by atoms with Crippen LogP contribution in [0.5, 0.6) is 0 Å². The van der Waals surface area contributed by atoms with Crippen LogP contribution in [0.3, 0.4) is 0 Å². The minimum absolute atomic E-state index is 0.00921. The summed E-state index contributed by atoms with van der Waals surface area (Å²) in [6.45, 7) is 3.80. The van der Waals surface area contributed by atoms with E-state index in [0.717, 1.165) is 17.3 Å². The summed E-state index contributed by atoms with van der Waals surface area (Å²) in [4.78, 5) is 40.1. The van der Waals surface area contributed by atoms with Gasteiger partial charge in [-0.15, -0.1) is 0 Å². The molecule has 0 fully saturated rings. The lowest BCUT2D eigenvalue weighted by atomic mass is 10.1. The molecule has 2 aromatic carbocycles. The molecule has 1 heterocycles. The third-order valence-corrected chi connectivity index (χ3v) is 6.33. The summed E-state index contributed by atoms with van der Waals surface area (Å²) in [5.41, 5.74) is 1.73. The van der Waals surface area contributed by atoms with Gasteiger partial charge in [0.05, 0.1) is 23.0 Å². The van der Waals surface area contributed by atoms with Gasteiger partial charge >= 0.3 is 5.97 Å². The zero-order valence-electron chi connectivity index (χ0n) is 19.9. The lowest BCUT2D eigenvalue weighted by molar-refractivity contribution is -0.120. The van der Waals surface area contributed by atoms with Crippen molar-refractivity contribution in [2.24, 2.45) is 0 Å². The summed E-state index contributed by atoms with van der Waals surface area (Å²) >= 11 is 0. The largest absolute Gasteiger partial charge is 0.458 e.